The summed E-state index contributed by atoms with van der Waals surface area (Å²) >= 11 is 0. The van der Waals surface area contributed by atoms with Gasteiger partial charge < -0.3 is 15.4 Å². The Kier molecular flexibility index (Phi) is 4.96. The van der Waals surface area contributed by atoms with E-state index in [9.17, 15) is 5.11 Å². The normalized spacial score (nSPS) is 15.0. The molecule has 1 aromatic heterocycles. The Morgan fingerprint density at radius 3 is 2.94 bits per heavy atom. The van der Waals surface area contributed by atoms with E-state index in [1.54, 1.807) is 6.92 Å². The second-order valence-electron chi connectivity index (χ2n) is 4.59. The van der Waals surface area contributed by atoms with Crippen molar-refractivity contribution in [3.05, 3.63) is 18.2 Å². The number of hydrogen-bond donors (Lipinski definition) is 2. The number of nitrogens with two attached hydrogens (primary N) is 1. The second kappa shape index (κ2) is 6.01. The van der Waals surface area contributed by atoms with Crippen LogP contribution >= 0.6 is 0 Å². The van der Waals surface area contributed by atoms with Crippen LogP contribution in [0.15, 0.2) is 12.4 Å². The van der Waals surface area contributed by atoms with E-state index in [4.69, 9.17) is 5.73 Å². The third-order valence-corrected chi connectivity index (χ3v) is 2.83. The first-order chi connectivity index (χ1) is 7.59. The van der Waals surface area contributed by atoms with Gasteiger partial charge in [0.15, 0.2) is 0 Å². The van der Waals surface area contributed by atoms with Crippen molar-refractivity contribution in [3.63, 3.8) is 0 Å². The zero-order valence-corrected chi connectivity index (χ0v) is 10.3. The van der Waals surface area contributed by atoms with Crippen LogP contribution in [0.25, 0.3) is 0 Å². The molecule has 4 heteroatoms. The summed E-state index contributed by atoms with van der Waals surface area (Å²) in [7, 11) is 0. The molecule has 0 aromatic carbocycles. The monoisotopic (exact) mass is 225 g/mol. The van der Waals surface area contributed by atoms with Gasteiger partial charge in [0.05, 0.1) is 5.60 Å². The van der Waals surface area contributed by atoms with Gasteiger partial charge in [-0.1, -0.05) is 6.92 Å². The van der Waals surface area contributed by atoms with E-state index in [1.165, 1.54) is 0 Å². The molecule has 0 radical (unpaired) electrons. The summed E-state index contributed by atoms with van der Waals surface area (Å²) in [4.78, 5) is 4.32. The maximum absolute atomic E-state index is 9.77. The number of aliphatic hydroxyl groups is 1. The van der Waals surface area contributed by atoms with Gasteiger partial charge in [-0.15, -0.1) is 0 Å². The zero-order chi connectivity index (χ0) is 12.0. The van der Waals surface area contributed by atoms with Crippen LogP contribution in [0.2, 0.25) is 0 Å². The van der Waals surface area contributed by atoms with Gasteiger partial charge in [-0.3, -0.25) is 0 Å². The Labute approximate surface area is 97.5 Å². The van der Waals surface area contributed by atoms with Crippen molar-refractivity contribution >= 4 is 0 Å². The van der Waals surface area contributed by atoms with Gasteiger partial charge in [-0.05, 0) is 26.2 Å². The van der Waals surface area contributed by atoms with Gasteiger partial charge in [0.2, 0.25) is 0 Å². The van der Waals surface area contributed by atoms with E-state index in [-0.39, 0.29) is 0 Å². The highest BCUT2D eigenvalue weighted by Crippen LogP contribution is 2.12. The van der Waals surface area contributed by atoms with Gasteiger partial charge in [-0.25, -0.2) is 4.98 Å². The highest BCUT2D eigenvalue weighted by Gasteiger charge is 2.17. The Morgan fingerprint density at radius 2 is 2.31 bits per heavy atom. The predicted molar refractivity (Wildman–Crippen MR) is 65.1 cm³/mol. The fraction of sp³-hybridized carbons (Fsp3) is 0.750. The Hall–Kier alpha value is -0.870. The molecular formula is C12H23N3O. The average Bonchev–Trinajstić information content (AvgIpc) is 2.66. The Balaban J connectivity index is 2.39. The Morgan fingerprint density at radius 1 is 1.56 bits per heavy atom. The Bertz CT molecular complexity index is 307. The molecule has 0 fully saturated rings. The molecule has 0 aliphatic rings. The molecule has 16 heavy (non-hydrogen) atoms. The standard InChI is InChI=1S/C12H23N3O/c1-3-5-11-14-7-9-15(11)8-4-6-12(2,16)10-13/h7,9,16H,3-6,8,10,13H2,1-2H3. The number of nitrogens with zero attached hydrogens (tertiary/aromatic N) is 2. The SMILES string of the molecule is CCCc1nccn1CCCC(C)(O)CN. The van der Waals surface area contributed by atoms with E-state index in [0.717, 1.165) is 38.1 Å². The lowest BCUT2D eigenvalue weighted by atomic mass is 10.0. The maximum atomic E-state index is 9.77. The summed E-state index contributed by atoms with van der Waals surface area (Å²) in [5, 5.41) is 9.77. The molecule has 1 aromatic rings. The molecule has 1 rings (SSSR count). The van der Waals surface area contributed by atoms with Crippen LogP contribution in [-0.2, 0) is 13.0 Å². The number of hydrogen-bond acceptors (Lipinski definition) is 3. The summed E-state index contributed by atoms with van der Waals surface area (Å²) in [5.74, 6) is 1.13. The van der Waals surface area contributed by atoms with E-state index < -0.39 is 5.60 Å². The fourth-order valence-corrected chi connectivity index (χ4v) is 1.73. The number of imidazole rings is 1. The van der Waals surface area contributed by atoms with Gasteiger partial charge in [0.1, 0.15) is 5.82 Å². The molecule has 1 unspecified atom stereocenters. The first-order valence-corrected chi connectivity index (χ1v) is 6.01. The topological polar surface area (TPSA) is 64.1 Å². The molecule has 0 amide bonds. The summed E-state index contributed by atoms with van der Waals surface area (Å²) in [5.41, 5.74) is 4.74. The molecule has 3 N–H and O–H groups in total. The molecule has 0 saturated carbocycles. The van der Waals surface area contributed by atoms with E-state index in [0.29, 0.717) is 6.54 Å². The van der Waals surface area contributed by atoms with E-state index >= 15 is 0 Å². The van der Waals surface area contributed by atoms with Crippen molar-refractivity contribution in [3.8, 4) is 0 Å². The van der Waals surface area contributed by atoms with Crippen molar-refractivity contribution in [2.45, 2.75) is 51.7 Å². The summed E-state index contributed by atoms with van der Waals surface area (Å²) in [6, 6.07) is 0. The van der Waals surface area contributed by atoms with Crippen LogP contribution in [0.5, 0.6) is 0 Å². The fourth-order valence-electron chi connectivity index (χ4n) is 1.73. The highest BCUT2D eigenvalue weighted by molar-refractivity contribution is 4.92. The first kappa shape index (κ1) is 13.2. The van der Waals surface area contributed by atoms with Crippen LogP contribution in [0.3, 0.4) is 0 Å². The molecule has 1 atom stereocenters. The molecule has 0 aliphatic carbocycles. The largest absolute Gasteiger partial charge is 0.389 e. The minimum atomic E-state index is -0.731. The second-order valence-corrected chi connectivity index (χ2v) is 4.59. The molecular weight excluding hydrogens is 202 g/mol. The molecule has 1 heterocycles. The highest BCUT2D eigenvalue weighted by atomic mass is 16.3. The predicted octanol–water partition coefficient (Wildman–Crippen LogP) is 1.33. The lowest BCUT2D eigenvalue weighted by Crippen LogP contribution is -2.34. The van der Waals surface area contributed by atoms with Crippen LogP contribution in [0.1, 0.15) is 38.9 Å². The van der Waals surface area contributed by atoms with E-state index in [1.807, 2.05) is 12.4 Å². The van der Waals surface area contributed by atoms with Crippen molar-refractivity contribution in [1.29, 1.82) is 0 Å². The van der Waals surface area contributed by atoms with Crippen LogP contribution < -0.4 is 5.73 Å². The van der Waals surface area contributed by atoms with Gasteiger partial charge in [-0.2, -0.15) is 0 Å². The van der Waals surface area contributed by atoms with E-state index in [2.05, 4.69) is 16.5 Å². The molecule has 0 aliphatic heterocycles. The molecule has 0 bridgehead atoms. The lowest BCUT2D eigenvalue weighted by molar-refractivity contribution is 0.0566. The minimum absolute atomic E-state index is 0.318. The van der Waals surface area contributed by atoms with Crippen LogP contribution in [0, 0.1) is 0 Å². The van der Waals surface area contributed by atoms with Crippen molar-refractivity contribution in [2.24, 2.45) is 5.73 Å². The maximum Gasteiger partial charge on any atom is 0.108 e. The summed E-state index contributed by atoms with van der Waals surface area (Å²) in [6.45, 7) is 5.16. The van der Waals surface area contributed by atoms with Crippen LogP contribution in [0.4, 0.5) is 0 Å². The first-order valence-electron chi connectivity index (χ1n) is 6.01. The number of aromatic nitrogens is 2. The lowest BCUT2D eigenvalue weighted by Gasteiger charge is -2.20. The van der Waals surface area contributed by atoms with Gasteiger partial charge in [0.25, 0.3) is 0 Å². The zero-order valence-electron chi connectivity index (χ0n) is 10.3. The van der Waals surface area contributed by atoms with Crippen molar-refractivity contribution in [1.82, 2.24) is 9.55 Å². The number of rotatable bonds is 7. The van der Waals surface area contributed by atoms with Gasteiger partial charge >= 0.3 is 0 Å². The summed E-state index contributed by atoms with van der Waals surface area (Å²) in [6.07, 6.45) is 7.62. The molecule has 0 spiro atoms. The van der Waals surface area contributed by atoms with Crippen LogP contribution in [-0.4, -0.2) is 26.8 Å². The summed E-state index contributed by atoms with van der Waals surface area (Å²) < 4.78 is 2.16. The smallest absolute Gasteiger partial charge is 0.108 e. The average molecular weight is 225 g/mol. The molecule has 92 valence electrons. The van der Waals surface area contributed by atoms with Crippen molar-refractivity contribution in [2.75, 3.05) is 6.54 Å². The minimum Gasteiger partial charge on any atom is -0.389 e. The third kappa shape index (κ3) is 3.94. The van der Waals surface area contributed by atoms with Crippen molar-refractivity contribution < 1.29 is 5.11 Å². The molecule has 0 saturated heterocycles. The molecule has 4 nitrogen and oxygen atoms in total. The number of aryl methyl sites for hydroxylation is 2. The van der Waals surface area contributed by atoms with Gasteiger partial charge in [0, 0.05) is 31.9 Å². The third-order valence-electron chi connectivity index (χ3n) is 2.83. The quantitative estimate of drug-likeness (QED) is 0.735.